The summed E-state index contributed by atoms with van der Waals surface area (Å²) in [5, 5.41) is 13.0. The van der Waals surface area contributed by atoms with Crippen molar-refractivity contribution in [2.75, 3.05) is 27.4 Å². The first-order chi connectivity index (χ1) is 8.58. The fourth-order valence-corrected chi connectivity index (χ4v) is 1.92. The summed E-state index contributed by atoms with van der Waals surface area (Å²) in [7, 11) is 3.35. The van der Waals surface area contributed by atoms with E-state index >= 15 is 0 Å². The van der Waals surface area contributed by atoms with E-state index in [1.54, 1.807) is 14.2 Å². The van der Waals surface area contributed by atoms with Crippen LogP contribution in [0, 0.1) is 13.8 Å². The maximum Gasteiger partial charge on any atom is 0.121 e. The molecule has 4 nitrogen and oxygen atoms in total. The Hall–Kier alpha value is -1.10. The van der Waals surface area contributed by atoms with Crippen LogP contribution in [0.15, 0.2) is 12.1 Å². The number of phenolic OH excluding ortho intramolecular Hbond substituents is 1. The van der Waals surface area contributed by atoms with Gasteiger partial charge in [0.15, 0.2) is 0 Å². The lowest BCUT2D eigenvalue weighted by atomic mass is 10.1. The third-order valence-electron chi connectivity index (χ3n) is 2.94. The Kier molecular flexibility index (Phi) is 6.12. The van der Waals surface area contributed by atoms with Crippen molar-refractivity contribution in [1.82, 2.24) is 5.32 Å². The minimum Gasteiger partial charge on any atom is -0.507 e. The van der Waals surface area contributed by atoms with Crippen LogP contribution in [0.1, 0.15) is 16.7 Å². The molecule has 0 fully saturated rings. The summed E-state index contributed by atoms with van der Waals surface area (Å²) in [5.74, 6) is 0.382. The highest BCUT2D eigenvalue weighted by Gasteiger charge is 2.07. The van der Waals surface area contributed by atoms with Crippen molar-refractivity contribution in [3.8, 4) is 5.75 Å². The topological polar surface area (TPSA) is 50.7 Å². The Labute approximate surface area is 109 Å². The molecule has 0 heterocycles. The molecular weight excluding hydrogens is 230 g/mol. The van der Waals surface area contributed by atoms with Gasteiger partial charge in [0.05, 0.1) is 12.7 Å². The van der Waals surface area contributed by atoms with Gasteiger partial charge in [0.1, 0.15) is 5.75 Å². The summed E-state index contributed by atoms with van der Waals surface area (Å²) in [6, 6.07) is 3.99. The predicted octanol–water partition coefficient (Wildman–Crippen LogP) is 1.76. The van der Waals surface area contributed by atoms with Crippen molar-refractivity contribution >= 4 is 0 Å². The maximum atomic E-state index is 9.70. The molecule has 1 atom stereocenters. The predicted molar refractivity (Wildman–Crippen MR) is 72.0 cm³/mol. The number of benzene rings is 1. The number of aryl methyl sites for hydroxylation is 2. The molecule has 0 aromatic heterocycles. The number of nitrogens with one attached hydrogen (secondary N) is 1. The van der Waals surface area contributed by atoms with Crippen LogP contribution >= 0.6 is 0 Å². The van der Waals surface area contributed by atoms with E-state index in [0.29, 0.717) is 12.4 Å². The molecule has 1 rings (SSSR count). The van der Waals surface area contributed by atoms with Gasteiger partial charge in [-0.25, -0.2) is 0 Å². The summed E-state index contributed by atoms with van der Waals surface area (Å²) >= 11 is 0. The second-order valence-electron chi connectivity index (χ2n) is 4.52. The highest BCUT2D eigenvalue weighted by molar-refractivity contribution is 5.42. The third-order valence-corrected chi connectivity index (χ3v) is 2.94. The van der Waals surface area contributed by atoms with Gasteiger partial charge in [0.25, 0.3) is 0 Å². The zero-order chi connectivity index (χ0) is 13.5. The average Bonchev–Trinajstić information content (AvgIpc) is 2.34. The largest absolute Gasteiger partial charge is 0.507 e. The van der Waals surface area contributed by atoms with Crippen LogP contribution < -0.4 is 5.32 Å². The van der Waals surface area contributed by atoms with Gasteiger partial charge in [0, 0.05) is 27.3 Å². The monoisotopic (exact) mass is 253 g/mol. The van der Waals surface area contributed by atoms with Crippen LogP contribution in [-0.2, 0) is 16.0 Å². The molecule has 0 amide bonds. The second-order valence-corrected chi connectivity index (χ2v) is 4.52. The number of ether oxygens (including phenoxy) is 2. The van der Waals surface area contributed by atoms with Gasteiger partial charge in [0.2, 0.25) is 0 Å². The zero-order valence-electron chi connectivity index (χ0n) is 11.6. The lowest BCUT2D eigenvalue weighted by Gasteiger charge is -2.15. The van der Waals surface area contributed by atoms with Gasteiger partial charge < -0.3 is 19.9 Å². The van der Waals surface area contributed by atoms with E-state index in [4.69, 9.17) is 9.47 Å². The molecule has 1 aromatic rings. The molecule has 0 saturated heterocycles. The first-order valence-corrected chi connectivity index (χ1v) is 6.10. The number of aromatic hydroxyl groups is 1. The van der Waals surface area contributed by atoms with Crippen molar-refractivity contribution in [2.45, 2.75) is 26.5 Å². The molecule has 2 N–H and O–H groups in total. The molecule has 0 aliphatic carbocycles. The Morgan fingerprint density at radius 1 is 1.22 bits per heavy atom. The van der Waals surface area contributed by atoms with E-state index in [0.717, 1.165) is 29.8 Å². The first-order valence-electron chi connectivity index (χ1n) is 6.10. The molecule has 4 heteroatoms. The molecule has 18 heavy (non-hydrogen) atoms. The minimum absolute atomic E-state index is 0.0642. The van der Waals surface area contributed by atoms with E-state index in [1.165, 1.54) is 0 Å². The third kappa shape index (κ3) is 4.29. The molecule has 102 valence electrons. The average molecular weight is 253 g/mol. The van der Waals surface area contributed by atoms with Crippen LogP contribution in [-0.4, -0.2) is 38.6 Å². The maximum absolute atomic E-state index is 9.70. The van der Waals surface area contributed by atoms with Gasteiger partial charge in [-0.2, -0.15) is 0 Å². The number of methoxy groups -OCH3 is 2. The highest BCUT2D eigenvalue weighted by atomic mass is 16.5. The molecule has 1 aromatic carbocycles. The fourth-order valence-electron chi connectivity index (χ4n) is 1.92. The molecule has 0 spiro atoms. The normalized spacial score (nSPS) is 12.7. The van der Waals surface area contributed by atoms with E-state index in [1.807, 2.05) is 26.0 Å². The van der Waals surface area contributed by atoms with Crippen molar-refractivity contribution in [3.05, 3.63) is 28.8 Å². The summed E-state index contributed by atoms with van der Waals surface area (Å²) in [6.07, 6.45) is 0.0642. The minimum atomic E-state index is 0.0642. The molecule has 0 radical (unpaired) electrons. The highest BCUT2D eigenvalue weighted by Crippen LogP contribution is 2.22. The Morgan fingerprint density at radius 2 is 1.83 bits per heavy atom. The summed E-state index contributed by atoms with van der Waals surface area (Å²) < 4.78 is 10.3. The number of phenols is 1. The SMILES string of the molecule is COCC(CNCc1cc(C)c(O)c(C)c1)OC. The van der Waals surface area contributed by atoms with E-state index in [-0.39, 0.29) is 6.10 Å². The van der Waals surface area contributed by atoms with E-state index in [2.05, 4.69) is 5.32 Å². The summed E-state index contributed by atoms with van der Waals surface area (Å²) in [4.78, 5) is 0. The van der Waals surface area contributed by atoms with Crippen LogP contribution in [0.2, 0.25) is 0 Å². The Balaban J connectivity index is 2.48. The van der Waals surface area contributed by atoms with Crippen molar-refractivity contribution in [3.63, 3.8) is 0 Å². The number of hydrogen-bond acceptors (Lipinski definition) is 4. The number of rotatable bonds is 7. The van der Waals surface area contributed by atoms with Gasteiger partial charge >= 0.3 is 0 Å². The Morgan fingerprint density at radius 3 is 2.33 bits per heavy atom. The molecule has 0 bridgehead atoms. The molecular formula is C14H23NO3. The molecule has 0 aliphatic heterocycles. The van der Waals surface area contributed by atoms with Crippen LogP contribution in [0.4, 0.5) is 0 Å². The number of hydrogen-bond donors (Lipinski definition) is 2. The van der Waals surface area contributed by atoms with Crippen molar-refractivity contribution in [2.24, 2.45) is 0 Å². The Bertz CT molecular complexity index is 356. The van der Waals surface area contributed by atoms with Crippen LogP contribution in [0.25, 0.3) is 0 Å². The van der Waals surface area contributed by atoms with Gasteiger partial charge in [-0.1, -0.05) is 12.1 Å². The van der Waals surface area contributed by atoms with Crippen LogP contribution in [0.5, 0.6) is 5.75 Å². The van der Waals surface area contributed by atoms with Crippen molar-refractivity contribution in [1.29, 1.82) is 0 Å². The second kappa shape index (κ2) is 7.36. The smallest absolute Gasteiger partial charge is 0.121 e. The van der Waals surface area contributed by atoms with Gasteiger partial charge in [-0.3, -0.25) is 0 Å². The van der Waals surface area contributed by atoms with E-state index in [9.17, 15) is 5.11 Å². The van der Waals surface area contributed by atoms with Gasteiger partial charge in [-0.05, 0) is 30.5 Å². The molecule has 0 saturated carbocycles. The first kappa shape index (κ1) is 15.0. The zero-order valence-corrected chi connectivity index (χ0v) is 11.6. The standard InChI is InChI=1S/C14H23NO3/c1-10-5-12(6-11(2)14(10)16)7-15-8-13(18-4)9-17-3/h5-6,13,15-16H,7-9H2,1-4H3. The molecule has 1 unspecified atom stereocenters. The van der Waals surface area contributed by atoms with Gasteiger partial charge in [-0.15, -0.1) is 0 Å². The fraction of sp³-hybridized carbons (Fsp3) is 0.571. The summed E-state index contributed by atoms with van der Waals surface area (Å²) in [5.41, 5.74) is 2.98. The van der Waals surface area contributed by atoms with Crippen molar-refractivity contribution < 1.29 is 14.6 Å². The summed E-state index contributed by atoms with van der Waals surface area (Å²) in [6.45, 7) is 5.90. The van der Waals surface area contributed by atoms with Crippen LogP contribution in [0.3, 0.4) is 0 Å². The lowest BCUT2D eigenvalue weighted by Crippen LogP contribution is -2.31. The molecule has 0 aliphatic rings. The lowest BCUT2D eigenvalue weighted by molar-refractivity contribution is 0.0288. The van der Waals surface area contributed by atoms with E-state index < -0.39 is 0 Å². The quantitative estimate of drug-likeness (QED) is 0.777.